The number of carboxylic acid groups (broad SMARTS) is 1. The second kappa shape index (κ2) is 9.98. The maximum atomic E-state index is 14.2. The van der Waals surface area contributed by atoms with Crippen LogP contribution in [-0.2, 0) is 16.0 Å². The van der Waals surface area contributed by atoms with Gasteiger partial charge in [-0.05, 0) is 49.1 Å². The average molecular weight is 478 g/mol. The predicted molar refractivity (Wildman–Crippen MR) is 121 cm³/mol. The van der Waals surface area contributed by atoms with Crippen molar-refractivity contribution in [3.63, 3.8) is 0 Å². The summed E-state index contributed by atoms with van der Waals surface area (Å²) in [6.45, 7) is 4.16. The Morgan fingerprint density at radius 2 is 2.00 bits per heavy atom. The van der Waals surface area contributed by atoms with E-state index in [2.05, 4.69) is 0 Å². The van der Waals surface area contributed by atoms with Crippen molar-refractivity contribution in [1.29, 1.82) is 0 Å². The number of esters is 1. The van der Waals surface area contributed by atoms with Crippen molar-refractivity contribution in [2.45, 2.75) is 51.7 Å². The van der Waals surface area contributed by atoms with Crippen LogP contribution >= 0.6 is 11.3 Å². The van der Waals surface area contributed by atoms with Gasteiger partial charge in [0.15, 0.2) is 11.6 Å². The highest BCUT2D eigenvalue weighted by Crippen LogP contribution is 2.33. The Morgan fingerprint density at radius 3 is 2.64 bits per heavy atom. The van der Waals surface area contributed by atoms with Crippen molar-refractivity contribution >= 4 is 29.2 Å². The first kappa shape index (κ1) is 24.8. The molecule has 1 aliphatic heterocycles. The van der Waals surface area contributed by atoms with Crippen molar-refractivity contribution in [2.75, 3.05) is 6.54 Å². The van der Waals surface area contributed by atoms with Gasteiger partial charge in [-0.3, -0.25) is 9.59 Å². The molecule has 0 spiro atoms. The average Bonchev–Trinajstić information content (AvgIpc) is 3.37. The Kier molecular flexibility index (Phi) is 7.51. The number of nitrogens with zero attached hydrogens (tertiary/aromatic N) is 1. The summed E-state index contributed by atoms with van der Waals surface area (Å²) in [6.07, 6.45) is 0.930. The molecule has 0 radical (unpaired) electrons. The lowest BCUT2D eigenvalue weighted by Crippen LogP contribution is -2.45. The number of likely N-dealkylation sites (tertiary alicyclic amines) is 1. The predicted octanol–water partition coefficient (Wildman–Crippen LogP) is 3.06. The molecule has 1 amide bonds. The third-order valence-corrected chi connectivity index (χ3v) is 6.71. The van der Waals surface area contributed by atoms with E-state index in [1.807, 2.05) is 13.8 Å². The zero-order chi connectivity index (χ0) is 24.3. The molecular formula is C23H28FN3O5S. The van der Waals surface area contributed by atoms with E-state index in [-0.39, 0.29) is 29.0 Å². The lowest BCUT2D eigenvalue weighted by atomic mass is 9.86. The number of hydrogen-bond donors (Lipinski definition) is 3. The summed E-state index contributed by atoms with van der Waals surface area (Å²) in [7, 11) is 0. The minimum absolute atomic E-state index is 0.0639. The van der Waals surface area contributed by atoms with Crippen molar-refractivity contribution in [1.82, 2.24) is 4.90 Å². The van der Waals surface area contributed by atoms with Gasteiger partial charge in [0.2, 0.25) is 5.91 Å². The van der Waals surface area contributed by atoms with Gasteiger partial charge in [0.05, 0.1) is 12.6 Å². The second-order valence-electron chi connectivity index (χ2n) is 8.82. The summed E-state index contributed by atoms with van der Waals surface area (Å²) in [4.78, 5) is 39.5. The molecule has 178 valence electrons. The van der Waals surface area contributed by atoms with E-state index in [4.69, 9.17) is 21.3 Å². The number of thiophene rings is 1. The van der Waals surface area contributed by atoms with E-state index in [0.717, 1.165) is 17.4 Å². The third-order valence-electron chi connectivity index (χ3n) is 5.65. The largest absolute Gasteiger partial charge is 0.481 e. The normalized spacial score (nSPS) is 16.3. The topological polar surface area (TPSA) is 136 Å². The Balaban J connectivity index is 1.66. The molecule has 10 heteroatoms. The smallest absolute Gasteiger partial charge is 0.353 e. The first-order valence-corrected chi connectivity index (χ1v) is 11.4. The van der Waals surface area contributed by atoms with E-state index < -0.39 is 29.3 Å². The van der Waals surface area contributed by atoms with E-state index >= 15 is 0 Å². The number of halogens is 1. The number of carbonyl (C=O) groups is 3. The number of nitrogens with two attached hydrogens (primary N) is 2. The summed E-state index contributed by atoms with van der Waals surface area (Å²) in [5, 5.41) is 9.11. The lowest BCUT2D eigenvalue weighted by molar-refractivity contribution is -0.144. The van der Waals surface area contributed by atoms with Gasteiger partial charge in [-0.15, -0.1) is 11.3 Å². The van der Waals surface area contributed by atoms with Gasteiger partial charge in [0, 0.05) is 22.9 Å². The van der Waals surface area contributed by atoms with E-state index in [1.165, 1.54) is 23.5 Å². The number of ether oxygens (including phenoxy) is 1. The Labute approximate surface area is 195 Å². The molecule has 1 saturated heterocycles. The SMILES string of the molecule is CC(C)(Cc1ccc(C(=O)Oc2ccc(C(N)N)cc2F)s1)C(=O)N1CCC[C@H]1CC(=O)O. The molecule has 33 heavy (non-hydrogen) atoms. The monoisotopic (exact) mass is 477 g/mol. The van der Waals surface area contributed by atoms with Gasteiger partial charge in [0.25, 0.3) is 0 Å². The molecule has 2 heterocycles. The van der Waals surface area contributed by atoms with E-state index in [9.17, 15) is 18.8 Å². The zero-order valence-corrected chi connectivity index (χ0v) is 19.4. The first-order valence-electron chi connectivity index (χ1n) is 10.6. The third kappa shape index (κ3) is 5.95. The number of carboxylic acids is 1. The quantitative estimate of drug-likeness (QED) is 0.302. The molecule has 5 N–H and O–H groups in total. The van der Waals surface area contributed by atoms with Gasteiger partial charge in [0.1, 0.15) is 4.88 Å². The van der Waals surface area contributed by atoms with Crippen LogP contribution in [0.3, 0.4) is 0 Å². The molecule has 1 atom stereocenters. The molecule has 0 aliphatic carbocycles. The Hall–Kier alpha value is -2.82. The summed E-state index contributed by atoms with van der Waals surface area (Å²) < 4.78 is 19.4. The molecule has 1 aromatic heterocycles. The van der Waals surface area contributed by atoms with Crippen LogP contribution in [0, 0.1) is 11.2 Å². The van der Waals surface area contributed by atoms with Crippen LogP contribution in [0.1, 0.15) is 59.4 Å². The number of hydrogen-bond acceptors (Lipinski definition) is 7. The highest BCUT2D eigenvalue weighted by molar-refractivity contribution is 7.14. The van der Waals surface area contributed by atoms with E-state index in [1.54, 1.807) is 17.0 Å². The first-order chi connectivity index (χ1) is 15.5. The molecule has 3 rings (SSSR count). The molecule has 0 saturated carbocycles. The number of benzene rings is 1. The number of rotatable bonds is 8. The summed E-state index contributed by atoms with van der Waals surface area (Å²) in [5.41, 5.74) is 10.6. The fraction of sp³-hybridized carbons (Fsp3) is 0.435. The van der Waals surface area contributed by atoms with Crippen LogP contribution < -0.4 is 16.2 Å². The van der Waals surface area contributed by atoms with Gasteiger partial charge in [-0.2, -0.15) is 0 Å². The molecule has 1 fully saturated rings. The highest BCUT2D eigenvalue weighted by atomic mass is 32.1. The van der Waals surface area contributed by atoms with Gasteiger partial charge in [-0.1, -0.05) is 19.9 Å². The van der Waals surface area contributed by atoms with Gasteiger partial charge in [-0.25, -0.2) is 9.18 Å². The Bertz CT molecular complexity index is 1050. The fourth-order valence-electron chi connectivity index (χ4n) is 3.96. The molecule has 1 aliphatic rings. The highest BCUT2D eigenvalue weighted by Gasteiger charge is 2.38. The molecule has 2 aromatic rings. The molecule has 8 nitrogen and oxygen atoms in total. The summed E-state index contributed by atoms with van der Waals surface area (Å²) in [6, 6.07) is 6.93. The maximum absolute atomic E-state index is 14.2. The minimum Gasteiger partial charge on any atom is -0.481 e. The van der Waals surface area contributed by atoms with Crippen molar-refractivity contribution < 1.29 is 28.6 Å². The standard InChI is InChI=1S/C23H28FN3O5S/c1-23(2,22(31)27-9-3-4-14(27)11-19(28)29)12-15-6-8-18(33-15)21(30)32-17-7-5-13(20(25)26)10-16(17)24/h5-8,10,14,20H,3-4,9,11-12,25-26H2,1-2H3,(H,28,29)/t14-/m0/s1. The van der Waals surface area contributed by atoms with Crippen LogP contribution in [0.2, 0.25) is 0 Å². The van der Waals surface area contributed by atoms with Crippen molar-refractivity contribution in [3.05, 3.63) is 51.5 Å². The summed E-state index contributed by atoms with van der Waals surface area (Å²) >= 11 is 1.17. The molecule has 0 bridgehead atoms. The minimum atomic E-state index is -0.920. The lowest BCUT2D eigenvalue weighted by Gasteiger charge is -2.32. The number of aliphatic carboxylic acids is 1. The second-order valence-corrected chi connectivity index (χ2v) is 9.99. The Morgan fingerprint density at radius 1 is 1.27 bits per heavy atom. The molecular weight excluding hydrogens is 449 g/mol. The maximum Gasteiger partial charge on any atom is 0.353 e. The van der Waals surface area contributed by atoms with E-state index in [0.29, 0.717) is 24.9 Å². The summed E-state index contributed by atoms with van der Waals surface area (Å²) in [5.74, 6) is -2.71. The number of carbonyl (C=O) groups excluding carboxylic acids is 2. The van der Waals surface area contributed by atoms with Crippen molar-refractivity contribution in [3.8, 4) is 5.75 Å². The molecule has 1 aromatic carbocycles. The van der Waals surface area contributed by atoms with Gasteiger partial charge < -0.3 is 26.2 Å². The van der Waals surface area contributed by atoms with Crippen LogP contribution in [0.4, 0.5) is 4.39 Å². The van der Waals surface area contributed by atoms with Crippen LogP contribution in [0.5, 0.6) is 5.75 Å². The molecule has 0 unspecified atom stereocenters. The van der Waals surface area contributed by atoms with Gasteiger partial charge >= 0.3 is 11.9 Å². The fourth-order valence-corrected chi connectivity index (χ4v) is 5.07. The zero-order valence-electron chi connectivity index (χ0n) is 18.5. The van der Waals surface area contributed by atoms with Crippen LogP contribution in [0.15, 0.2) is 30.3 Å². The van der Waals surface area contributed by atoms with Crippen LogP contribution in [0.25, 0.3) is 0 Å². The van der Waals surface area contributed by atoms with Crippen LogP contribution in [-0.4, -0.2) is 40.4 Å². The van der Waals surface area contributed by atoms with Crippen molar-refractivity contribution in [2.24, 2.45) is 16.9 Å². The number of amides is 1.